The van der Waals surface area contributed by atoms with Gasteiger partial charge in [0.2, 0.25) is 5.91 Å². The number of aliphatic hydroxyl groups is 2. The Bertz CT molecular complexity index is 883. The Morgan fingerprint density at radius 1 is 0.714 bits per heavy atom. The zero-order valence-corrected chi connectivity index (χ0v) is 32.2. The van der Waals surface area contributed by atoms with Crippen LogP contribution in [0.15, 0.2) is 36.5 Å². The lowest BCUT2D eigenvalue weighted by Crippen LogP contribution is -2.46. The number of allylic oxidation sites excluding steroid dienone is 5. The molecular weight excluding hydrogens is 639 g/mol. The van der Waals surface area contributed by atoms with E-state index in [-0.39, 0.29) is 19.6 Å². The molecule has 1 amide bonds. The molecule has 0 fully saturated rings. The van der Waals surface area contributed by atoms with Gasteiger partial charge in [0.25, 0.3) is 0 Å². The predicted octanol–water partition coefficient (Wildman–Crippen LogP) is 9.36. The van der Waals surface area contributed by atoms with Gasteiger partial charge < -0.3 is 26.2 Å². The molecule has 0 saturated heterocycles. The Morgan fingerprint density at radius 2 is 1.18 bits per heavy atom. The van der Waals surface area contributed by atoms with Crippen LogP contribution in [0.4, 0.5) is 0 Å². The highest BCUT2D eigenvalue weighted by molar-refractivity contribution is 7.47. The summed E-state index contributed by atoms with van der Waals surface area (Å²) in [5.41, 5.74) is 5.34. The number of unbranched alkanes of at least 4 members (excludes halogenated alkanes) is 18. The van der Waals surface area contributed by atoms with Gasteiger partial charge in [-0.25, -0.2) is 4.57 Å². The highest BCUT2D eigenvalue weighted by Crippen LogP contribution is 2.43. The second kappa shape index (κ2) is 35.1. The standard InChI is InChI=1S/C39H75N2O7P/c1-3-5-7-9-11-13-15-16-17-18-19-20-21-22-24-26-28-30-36(42)34-39(44)41-37(35-48-49(45,46)47-33-32-40)38(43)31-29-27-25-23-14-12-10-8-6-4-2/h6,8,14,23,29,31,36-38,42-43H,3-5,7,9-13,15-22,24-28,30,32-35,40H2,1-2H3,(H,41,44)(H,45,46)/b8-6+,23-14+,31-29+. The van der Waals surface area contributed by atoms with Crippen molar-refractivity contribution in [1.82, 2.24) is 5.32 Å². The maximum absolute atomic E-state index is 12.7. The number of nitrogens with two attached hydrogens (primary N) is 1. The number of carbonyl (C=O) groups excluding carboxylic acids is 1. The number of rotatable bonds is 36. The lowest BCUT2D eigenvalue weighted by Gasteiger charge is -2.24. The Balaban J connectivity index is 4.32. The number of amides is 1. The van der Waals surface area contributed by atoms with E-state index in [1.54, 1.807) is 6.08 Å². The Morgan fingerprint density at radius 3 is 1.67 bits per heavy atom. The van der Waals surface area contributed by atoms with E-state index in [0.29, 0.717) is 12.8 Å². The molecule has 0 radical (unpaired) electrons. The fourth-order valence-electron chi connectivity index (χ4n) is 5.57. The van der Waals surface area contributed by atoms with Crippen molar-refractivity contribution in [3.63, 3.8) is 0 Å². The van der Waals surface area contributed by atoms with Crippen molar-refractivity contribution < 1.29 is 33.5 Å². The summed E-state index contributed by atoms with van der Waals surface area (Å²) < 4.78 is 21.9. The normalized spacial score (nSPS) is 15.3. The van der Waals surface area contributed by atoms with Crippen LogP contribution in [0, 0.1) is 0 Å². The van der Waals surface area contributed by atoms with Gasteiger partial charge in [-0.05, 0) is 38.5 Å². The van der Waals surface area contributed by atoms with Crippen LogP contribution in [0.25, 0.3) is 0 Å². The molecule has 6 N–H and O–H groups in total. The fourth-order valence-corrected chi connectivity index (χ4v) is 6.33. The second-order valence-corrected chi connectivity index (χ2v) is 14.7. The maximum Gasteiger partial charge on any atom is 0.472 e. The molecule has 10 heteroatoms. The number of phosphoric ester groups is 1. The van der Waals surface area contributed by atoms with E-state index in [2.05, 4.69) is 43.5 Å². The monoisotopic (exact) mass is 715 g/mol. The minimum Gasteiger partial charge on any atom is -0.393 e. The molecule has 0 aromatic rings. The van der Waals surface area contributed by atoms with Crippen LogP contribution in [0.5, 0.6) is 0 Å². The molecular formula is C39H75N2O7P. The van der Waals surface area contributed by atoms with Gasteiger partial charge in [-0.1, -0.05) is 159 Å². The van der Waals surface area contributed by atoms with Crippen molar-refractivity contribution in [2.24, 2.45) is 5.73 Å². The lowest BCUT2D eigenvalue weighted by atomic mass is 10.0. The van der Waals surface area contributed by atoms with Crippen molar-refractivity contribution in [2.45, 2.75) is 186 Å². The molecule has 0 heterocycles. The molecule has 0 saturated carbocycles. The summed E-state index contributed by atoms with van der Waals surface area (Å²) >= 11 is 0. The van der Waals surface area contributed by atoms with Crippen molar-refractivity contribution >= 4 is 13.7 Å². The summed E-state index contributed by atoms with van der Waals surface area (Å²) in [4.78, 5) is 22.6. The number of phosphoric acid groups is 1. The van der Waals surface area contributed by atoms with Crippen LogP contribution in [-0.4, -0.2) is 59.0 Å². The van der Waals surface area contributed by atoms with E-state index in [0.717, 1.165) is 44.9 Å². The van der Waals surface area contributed by atoms with Gasteiger partial charge in [0, 0.05) is 6.54 Å². The molecule has 4 unspecified atom stereocenters. The van der Waals surface area contributed by atoms with Crippen molar-refractivity contribution in [3.8, 4) is 0 Å². The molecule has 0 aliphatic rings. The number of carbonyl (C=O) groups is 1. The summed E-state index contributed by atoms with van der Waals surface area (Å²) in [6, 6.07) is -1.00. The lowest BCUT2D eigenvalue weighted by molar-refractivity contribution is -0.124. The number of nitrogens with one attached hydrogen (secondary N) is 1. The molecule has 288 valence electrons. The van der Waals surface area contributed by atoms with Gasteiger partial charge in [0.1, 0.15) is 0 Å². The highest BCUT2D eigenvalue weighted by Gasteiger charge is 2.27. The highest BCUT2D eigenvalue weighted by atomic mass is 31.2. The molecule has 9 nitrogen and oxygen atoms in total. The smallest absolute Gasteiger partial charge is 0.393 e. The van der Waals surface area contributed by atoms with Gasteiger partial charge in [-0.15, -0.1) is 0 Å². The average molecular weight is 715 g/mol. The Labute approximate surface area is 300 Å². The summed E-state index contributed by atoms with van der Waals surface area (Å²) in [7, 11) is -4.40. The molecule has 0 aliphatic carbocycles. The van der Waals surface area contributed by atoms with Crippen LogP contribution in [-0.2, 0) is 18.4 Å². The van der Waals surface area contributed by atoms with E-state index < -0.39 is 38.6 Å². The van der Waals surface area contributed by atoms with Gasteiger partial charge in [0.15, 0.2) is 0 Å². The van der Waals surface area contributed by atoms with Crippen LogP contribution in [0.1, 0.15) is 168 Å². The second-order valence-electron chi connectivity index (χ2n) is 13.3. The molecule has 49 heavy (non-hydrogen) atoms. The SMILES string of the molecule is CC/C=C/CC/C=C/CC/C=C/C(O)C(COP(=O)(O)OCCN)NC(=O)CC(O)CCCCCCCCCCCCCCCCCCC. The third-order valence-corrected chi connectivity index (χ3v) is 9.50. The molecule has 0 bridgehead atoms. The maximum atomic E-state index is 12.7. The molecule has 4 atom stereocenters. The quantitative estimate of drug-likeness (QED) is 0.0245. The fraction of sp³-hybridized carbons (Fsp3) is 0.821. The predicted molar refractivity (Wildman–Crippen MR) is 204 cm³/mol. The summed E-state index contributed by atoms with van der Waals surface area (Å²) in [5.74, 6) is -0.462. The van der Waals surface area contributed by atoms with Gasteiger partial charge in [0.05, 0.1) is 37.9 Å². The number of aliphatic hydroxyl groups excluding tert-OH is 2. The van der Waals surface area contributed by atoms with Crippen LogP contribution in [0.2, 0.25) is 0 Å². The Hall–Kier alpha value is -1.32. The van der Waals surface area contributed by atoms with Crippen LogP contribution < -0.4 is 11.1 Å². The first-order chi connectivity index (χ1) is 23.8. The minimum atomic E-state index is -4.40. The molecule has 0 aromatic heterocycles. The van der Waals surface area contributed by atoms with E-state index in [4.69, 9.17) is 14.8 Å². The summed E-state index contributed by atoms with van der Waals surface area (Å²) in [6.45, 7) is 3.81. The zero-order chi connectivity index (χ0) is 36.3. The first-order valence-electron chi connectivity index (χ1n) is 19.7. The third kappa shape index (κ3) is 33.6. The Kier molecular flexibility index (Phi) is 34.2. The summed E-state index contributed by atoms with van der Waals surface area (Å²) in [6.07, 6.45) is 36.8. The first kappa shape index (κ1) is 47.7. The number of hydrogen-bond acceptors (Lipinski definition) is 7. The van der Waals surface area contributed by atoms with Crippen LogP contribution >= 0.6 is 7.82 Å². The van der Waals surface area contributed by atoms with Gasteiger partial charge in [-0.3, -0.25) is 13.8 Å². The molecule has 0 rings (SSSR count). The average Bonchev–Trinajstić information content (AvgIpc) is 3.07. The van der Waals surface area contributed by atoms with Crippen molar-refractivity contribution in [2.75, 3.05) is 19.8 Å². The van der Waals surface area contributed by atoms with E-state index in [1.807, 2.05) is 6.08 Å². The minimum absolute atomic E-state index is 0.0423. The van der Waals surface area contributed by atoms with Crippen LogP contribution in [0.3, 0.4) is 0 Å². The van der Waals surface area contributed by atoms with Crippen molar-refractivity contribution in [1.29, 1.82) is 0 Å². The zero-order valence-electron chi connectivity index (χ0n) is 31.3. The van der Waals surface area contributed by atoms with E-state index in [1.165, 1.54) is 89.9 Å². The van der Waals surface area contributed by atoms with Gasteiger partial charge >= 0.3 is 7.82 Å². The molecule has 0 aromatic carbocycles. The molecule has 0 spiro atoms. The number of hydrogen-bond donors (Lipinski definition) is 5. The first-order valence-corrected chi connectivity index (χ1v) is 21.2. The third-order valence-electron chi connectivity index (χ3n) is 8.51. The summed E-state index contributed by atoms with van der Waals surface area (Å²) in [5, 5.41) is 23.9. The van der Waals surface area contributed by atoms with E-state index >= 15 is 0 Å². The topological polar surface area (TPSA) is 151 Å². The largest absolute Gasteiger partial charge is 0.472 e. The van der Waals surface area contributed by atoms with Gasteiger partial charge in [-0.2, -0.15) is 0 Å². The van der Waals surface area contributed by atoms with Crippen molar-refractivity contribution in [3.05, 3.63) is 36.5 Å². The van der Waals surface area contributed by atoms with E-state index in [9.17, 15) is 24.5 Å². The molecule has 0 aliphatic heterocycles.